The maximum atomic E-state index is 4.87. The van der Waals surface area contributed by atoms with Gasteiger partial charge in [0.1, 0.15) is 0 Å². The van der Waals surface area contributed by atoms with Gasteiger partial charge in [-0.1, -0.05) is 45.9 Å². The SMILES string of the molecule is CCNc1c(C(C)C)cccc1C(C)C.[Cl][Co]([Cl])[Cl]. The number of benzene rings is 1. The number of anilines is 1. The van der Waals surface area contributed by atoms with Crippen molar-refractivity contribution in [1.29, 1.82) is 0 Å². The van der Waals surface area contributed by atoms with Crippen LogP contribution in [0.15, 0.2) is 18.2 Å². The van der Waals surface area contributed by atoms with Gasteiger partial charge in [0.05, 0.1) is 0 Å². The third-order valence-electron chi connectivity index (χ3n) is 2.73. The van der Waals surface area contributed by atoms with Crippen LogP contribution in [0.2, 0.25) is 0 Å². The first-order valence-electron chi connectivity index (χ1n) is 6.32. The first-order valence-corrected chi connectivity index (χ1v) is 10.6. The predicted molar refractivity (Wildman–Crippen MR) is 86.3 cm³/mol. The first kappa shape index (κ1) is 19.4. The molecule has 0 aliphatic rings. The van der Waals surface area contributed by atoms with E-state index in [0.29, 0.717) is 11.8 Å². The van der Waals surface area contributed by atoms with Gasteiger partial charge in [0, 0.05) is 12.2 Å². The molecule has 1 aromatic carbocycles. The second-order valence-electron chi connectivity index (χ2n) is 4.79. The van der Waals surface area contributed by atoms with Crippen molar-refractivity contribution in [3.8, 4) is 0 Å². The van der Waals surface area contributed by atoms with E-state index in [1.54, 1.807) is 0 Å². The van der Waals surface area contributed by atoms with Crippen molar-refractivity contribution < 1.29 is 10.9 Å². The summed E-state index contributed by atoms with van der Waals surface area (Å²) < 4.78 is 0. The third-order valence-corrected chi connectivity index (χ3v) is 2.73. The molecule has 0 radical (unpaired) electrons. The van der Waals surface area contributed by atoms with Crippen molar-refractivity contribution in [2.75, 3.05) is 11.9 Å². The van der Waals surface area contributed by atoms with E-state index in [0.717, 1.165) is 6.54 Å². The quantitative estimate of drug-likeness (QED) is 0.644. The predicted octanol–water partition coefficient (Wildman–Crippen LogP) is 6.43. The Balaban J connectivity index is 0.000000711. The number of rotatable bonds is 4. The van der Waals surface area contributed by atoms with Gasteiger partial charge in [-0.05, 0) is 29.9 Å². The summed E-state index contributed by atoms with van der Waals surface area (Å²) in [4.78, 5) is 0. The Labute approximate surface area is 134 Å². The van der Waals surface area contributed by atoms with Gasteiger partial charge in [0.15, 0.2) is 0 Å². The Morgan fingerprint density at radius 1 is 1.00 bits per heavy atom. The van der Waals surface area contributed by atoms with Crippen LogP contribution in [-0.4, -0.2) is 6.54 Å². The van der Waals surface area contributed by atoms with E-state index in [2.05, 4.69) is 58.1 Å². The molecule has 1 N–H and O–H groups in total. The molecule has 0 aromatic heterocycles. The fourth-order valence-corrected chi connectivity index (χ4v) is 1.93. The van der Waals surface area contributed by atoms with E-state index in [9.17, 15) is 0 Å². The topological polar surface area (TPSA) is 12.0 Å². The Hall–Kier alpha value is 0.396. The van der Waals surface area contributed by atoms with Gasteiger partial charge in [-0.15, -0.1) is 0 Å². The molecule has 0 fully saturated rings. The van der Waals surface area contributed by atoms with Crippen LogP contribution in [0.3, 0.4) is 0 Å². The summed E-state index contributed by atoms with van der Waals surface area (Å²) in [6.07, 6.45) is 0. The summed E-state index contributed by atoms with van der Waals surface area (Å²) in [5.74, 6) is 1.16. The van der Waals surface area contributed by atoms with Crippen LogP contribution >= 0.6 is 30.4 Å². The van der Waals surface area contributed by atoms with Gasteiger partial charge in [0.25, 0.3) is 0 Å². The van der Waals surface area contributed by atoms with Crippen LogP contribution in [0.5, 0.6) is 0 Å². The van der Waals surface area contributed by atoms with Crippen LogP contribution in [0.4, 0.5) is 5.69 Å². The molecule has 0 spiro atoms. The van der Waals surface area contributed by atoms with Crippen molar-refractivity contribution in [3.63, 3.8) is 0 Å². The minimum absolute atomic E-state index is 0.581. The molecule has 0 unspecified atom stereocenters. The number of hydrogen-bond donors (Lipinski definition) is 1. The second kappa shape index (κ2) is 10.2. The summed E-state index contributed by atoms with van der Waals surface area (Å²) in [7, 11) is 13.4. The van der Waals surface area contributed by atoms with E-state index in [1.165, 1.54) is 16.8 Å². The van der Waals surface area contributed by atoms with Crippen LogP contribution in [0.25, 0.3) is 0 Å². The minimum atomic E-state index is -1.19. The summed E-state index contributed by atoms with van der Waals surface area (Å²) >= 11 is 0. The second-order valence-corrected chi connectivity index (χ2v) is 9.95. The molecule has 0 amide bonds. The fraction of sp³-hybridized carbons (Fsp3) is 0.571. The molecule has 19 heavy (non-hydrogen) atoms. The molecule has 0 aliphatic heterocycles. The van der Waals surface area contributed by atoms with Crippen molar-refractivity contribution in [2.45, 2.75) is 46.5 Å². The normalized spacial score (nSPS) is 11.2. The Morgan fingerprint density at radius 2 is 1.37 bits per heavy atom. The Morgan fingerprint density at radius 3 is 1.63 bits per heavy atom. The molecule has 0 bridgehead atoms. The van der Waals surface area contributed by atoms with E-state index in [4.69, 9.17) is 30.4 Å². The van der Waals surface area contributed by atoms with Gasteiger partial charge in [0.2, 0.25) is 0 Å². The standard InChI is InChI=1S/C14H23N.3ClH.Co/c1-6-15-14-12(10(2)3)8-7-9-13(14)11(4)5;;;;/h7-11,15H,6H2,1-5H3;3*1H;/q;;;;+3/p-3. The number of nitrogens with one attached hydrogen (secondary N) is 1. The molecule has 0 saturated heterocycles. The third kappa shape index (κ3) is 7.67. The van der Waals surface area contributed by atoms with Crippen molar-refractivity contribution in [3.05, 3.63) is 29.3 Å². The number of hydrogen-bond acceptors (Lipinski definition) is 1. The van der Waals surface area contributed by atoms with Crippen LogP contribution in [0, 0.1) is 0 Å². The summed E-state index contributed by atoms with van der Waals surface area (Å²) in [6, 6.07) is 6.63. The van der Waals surface area contributed by atoms with E-state index < -0.39 is 10.9 Å². The van der Waals surface area contributed by atoms with Gasteiger partial charge >= 0.3 is 41.4 Å². The average molecular weight is 371 g/mol. The van der Waals surface area contributed by atoms with Crippen LogP contribution in [-0.2, 0) is 10.9 Å². The summed E-state index contributed by atoms with van der Waals surface area (Å²) in [6.45, 7) is 12.1. The molecule has 0 heterocycles. The Kier molecular flexibility index (Phi) is 10.4. The molecule has 1 nitrogen and oxygen atoms in total. The molecule has 1 rings (SSSR count). The molecule has 0 aliphatic carbocycles. The van der Waals surface area contributed by atoms with E-state index in [1.807, 2.05) is 0 Å². The first-order chi connectivity index (χ1) is 8.81. The van der Waals surface area contributed by atoms with E-state index >= 15 is 0 Å². The number of halogens is 3. The van der Waals surface area contributed by atoms with Crippen LogP contribution in [0.1, 0.15) is 57.6 Å². The Bertz CT molecular complexity index is 339. The maximum absolute atomic E-state index is 4.87. The zero-order valence-electron chi connectivity index (χ0n) is 12.1. The summed E-state index contributed by atoms with van der Waals surface area (Å²) in [5.41, 5.74) is 4.22. The molecule has 1 aromatic rings. The number of para-hydroxylation sites is 1. The van der Waals surface area contributed by atoms with Gasteiger partial charge in [-0.25, -0.2) is 0 Å². The molecule has 5 heteroatoms. The van der Waals surface area contributed by atoms with Gasteiger partial charge in [-0.2, -0.15) is 0 Å². The summed E-state index contributed by atoms with van der Waals surface area (Å²) in [5, 5.41) is 3.51. The van der Waals surface area contributed by atoms with Gasteiger partial charge in [-0.3, -0.25) is 0 Å². The zero-order chi connectivity index (χ0) is 15.0. The van der Waals surface area contributed by atoms with Gasteiger partial charge < -0.3 is 5.32 Å². The fourth-order valence-electron chi connectivity index (χ4n) is 1.93. The molecular formula is C14H23Cl3CoN. The van der Waals surface area contributed by atoms with Crippen molar-refractivity contribution >= 4 is 36.1 Å². The van der Waals surface area contributed by atoms with Crippen LogP contribution < -0.4 is 5.32 Å². The molecule has 0 atom stereocenters. The van der Waals surface area contributed by atoms with Crippen molar-refractivity contribution in [2.24, 2.45) is 0 Å². The molecule has 0 saturated carbocycles. The monoisotopic (exact) mass is 369 g/mol. The molecular weight excluding hydrogens is 347 g/mol. The average Bonchev–Trinajstić information content (AvgIpc) is 2.28. The molecule has 114 valence electrons. The van der Waals surface area contributed by atoms with E-state index in [-0.39, 0.29) is 0 Å². The zero-order valence-corrected chi connectivity index (χ0v) is 15.4. The van der Waals surface area contributed by atoms with Crippen molar-refractivity contribution in [1.82, 2.24) is 0 Å².